The molecule has 0 N–H and O–H groups in total. The van der Waals surface area contributed by atoms with E-state index in [0.717, 1.165) is 67.3 Å². The van der Waals surface area contributed by atoms with Crippen LogP contribution in [0.1, 0.15) is 238 Å². The standard InChI is InChI=1S/C92H156O21Si4/c1-28-71-61(4)48-69(103-71)41-44-91-58-100-80-54-81(84(110-91)92(97-19)86(91)109-85(111-92)64-33-35-66(96-18)36-34-64)105-72-40-39-68(104-83(72)80)50-82(95)108-78-52-76-77(107-75(78)51-73-62(5)60(3)42-45-98-73)53-79(113-117(26,27)90(15,16)17)74(106-76)49-65(94)32-30-29-31-63(55-93)47-59(2)56-99-67(43-46-101-114(20,21)87(6,7)8)37-38-70(112-116(24,25)89(12,13)14)57-102-115(22,23)88(9,10)11/h30,32-36,55,59-60,63,67-81,83-86H,4-5,28-29,31,37-54,56-58H2,1-3,6-27H3/b32-30+/t59-,60+,63+,67?,68?,69?,70+,71?,72?,73?,74?,75-,76-,77-,78?,79?,80?,81?,83-,84?,85?,86?,91?,92+/m0/s1. The van der Waals surface area contributed by atoms with Crippen molar-refractivity contribution < 1.29 is 98.4 Å². The van der Waals surface area contributed by atoms with Crippen molar-refractivity contribution in [3.05, 3.63) is 66.3 Å². The number of allylic oxidation sites excluding steroid dienone is 2. The van der Waals surface area contributed by atoms with E-state index < -0.39 is 130 Å². The molecule has 9 saturated heterocycles. The molecule has 1 aromatic carbocycles. The Morgan fingerprint density at radius 1 is 0.658 bits per heavy atom. The van der Waals surface area contributed by atoms with Gasteiger partial charge in [-0.25, -0.2) is 0 Å². The van der Waals surface area contributed by atoms with Crippen LogP contribution in [0.25, 0.3) is 0 Å². The molecule has 9 heterocycles. The fraction of sp³-hybridized carbons (Fsp3) is 0.837. The molecule has 0 saturated carbocycles. The number of aldehydes is 1. The molecule has 4 bridgehead atoms. The highest BCUT2D eigenvalue weighted by Crippen LogP contribution is 2.58. The minimum atomic E-state index is -2.44. The van der Waals surface area contributed by atoms with Crippen molar-refractivity contribution in [2.75, 3.05) is 47.3 Å². The number of carbonyl (C=O) groups is 3. The third-order valence-corrected chi connectivity index (χ3v) is 47.4. The van der Waals surface area contributed by atoms with Gasteiger partial charge in [0.25, 0.3) is 0 Å². The van der Waals surface area contributed by atoms with E-state index in [4.69, 9.17) is 84.0 Å². The molecule has 21 nitrogen and oxygen atoms in total. The molecule has 9 aliphatic rings. The summed E-state index contributed by atoms with van der Waals surface area (Å²) >= 11 is 0. The summed E-state index contributed by atoms with van der Waals surface area (Å²) in [6.07, 6.45) is 7.31. The predicted molar refractivity (Wildman–Crippen MR) is 466 cm³/mol. The van der Waals surface area contributed by atoms with Crippen LogP contribution in [0.3, 0.4) is 0 Å². The summed E-state index contributed by atoms with van der Waals surface area (Å²) in [6.45, 7) is 63.3. The van der Waals surface area contributed by atoms with Gasteiger partial charge in [-0.15, -0.1) is 0 Å². The zero-order valence-electron chi connectivity index (χ0n) is 76.7. The van der Waals surface area contributed by atoms with Crippen molar-refractivity contribution in [3.63, 3.8) is 0 Å². The molecule has 0 aromatic heterocycles. The summed E-state index contributed by atoms with van der Waals surface area (Å²) in [5, 5.41) is 0.0664. The minimum absolute atomic E-state index is 0.00294. The molecule has 0 radical (unpaired) electrons. The van der Waals surface area contributed by atoms with Gasteiger partial charge in [-0.3, -0.25) is 9.59 Å². The van der Waals surface area contributed by atoms with Crippen LogP contribution in [0.2, 0.25) is 72.5 Å². The number of esters is 1. The number of hydrogen-bond acceptors (Lipinski definition) is 21. The van der Waals surface area contributed by atoms with Crippen LogP contribution in [0.5, 0.6) is 5.75 Å². The van der Waals surface area contributed by atoms with Gasteiger partial charge in [-0.05, 0) is 197 Å². The molecular formula is C92H156O21Si4. The Morgan fingerprint density at radius 2 is 1.32 bits per heavy atom. The number of methoxy groups -OCH3 is 2. The molecule has 1 aromatic rings. The van der Waals surface area contributed by atoms with Gasteiger partial charge in [0.1, 0.15) is 42.1 Å². The van der Waals surface area contributed by atoms with Crippen LogP contribution in [0.15, 0.2) is 60.7 Å². The quantitative estimate of drug-likeness (QED) is 0.0198. The average Bonchev–Trinajstić information content (AvgIpc) is 1.53. The van der Waals surface area contributed by atoms with Crippen LogP contribution in [-0.2, 0) is 93.7 Å². The van der Waals surface area contributed by atoms with E-state index in [0.29, 0.717) is 97.1 Å². The average molecular weight is 1710 g/mol. The Labute approximate surface area is 708 Å². The second-order valence-corrected chi connectivity index (χ2v) is 61.3. The lowest BCUT2D eigenvalue weighted by atomic mass is 9.84. The van der Waals surface area contributed by atoms with Crippen molar-refractivity contribution in [3.8, 4) is 5.75 Å². The number of ketones is 1. The third kappa shape index (κ3) is 23.7. The number of ether oxygens (including phenoxy) is 14. The Bertz CT molecular complexity index is 3450. The molecule has 666 valence electrons. The number of carbonyl (C=O) groups excluding carboxylic acids is 3. The van der Waals surface area contributed by atoms with Gasteiger partial charge >= 0.3 is 5.97 Å². The van der Waals surface area contributed by atoms with E-state index in [-0.39, 0.29) is 99.8 Å². The summed E-state index contributed by atoms with van der Waals surface area (Å²) < 4.78 is 124. The summed E-state index contributed by atoms with van der Waals surface area (Å²) in [4.78, 5) is 42.2. The molecule has 24 atom stereocenters. The number of benzene rings is 1. The Balaban J connectivity index is 0.781. The predicted octanol–water partition coefficient (Wildman–Crippen LogP) is 19.1. The van der Waals surface area contributed by atoms with Gasteiger partial charge in [-0.2, -0.15) is 0 Å². The monoisotopic (exact) mass is 1710 g/mol. The van der Waals surface area contributed by atoms with Gasteiger partial charge in [0, 0.05) is 70.5 Å². The van der Waals surface area contributed by atoms with Crippen LogP contribution < -0.4 is 4.74 Å². The van der Waals surface area contributed by atoms with E-state index in [1.54, 1.807) is 20.3 Å². The first-order valence-electron chi connectivity index (χ1n) is 44.8. The molecule has 0 amide bonds. The second kappa shape index (κ2) is 39.4. The van der Waals surface area contributed by atoms with Gasteiger partial charge in [0.2, 0.25) is 5.79 Å². The Hall–Kier alpha value is -2.72. The molecule has 0 aliphatic carbocycles. The number of fused-ring (bicyclic) bond motifs is 11. The van der Waals surface area contributed by atoms with Gasteiger partial charge in [0.15, 0.2) is 45.3 Å². The normalized spacial score (nSPS) is 33.8. The Kier molecular flexibility index (Phi) is 32.5. The van der Waals surface area contributed by atoms with Crippen molar-refractivity contribution in [1.82, 2.24) is 0 Å². The maximum absolute atomic E-state index is 14.8. The molecule has 9 fully saturated rings. The smallest absolute Gasteiger partial charge is 0.308 e. The molecule has 15 unspecified atom stereocenters. The van der Waals surface area contributed by atoms with E-state index in [9.17, 15) is 14.4 Å². The van der Waals surface area contributed by atoms with Crippen molar-refractivity contribution in [2.45, 2.75) is 426 Å². The fourth-order valence-corrected chi connectivity index (χ4v) is 22.4. The third-order valence-electron chi connectivity index (χ3n) is 29.3. The van der Waals surface area contributed by atoms with E-state index in [1.165, 1.54) is 0 Å². The van der Waals surface area contributed by atoms with Gasteiger partial charge in [-0.1, -0.05) is 135 Å². The highest BCUT2D eigenvalue weighted by atomic mass is 28.4. The maximum Gasteiger partial charge on any atom is 0.308 e. The van der Waals surface area contributed by atoms with Gasteiger partial charge in [0.05, 0.1) is 112 Å². The van der Waals surface area contributed by atoms with Crippen LogP contribution in [-0.4, -0.2) is 220 Å². The summed E-state index contributed by atoms with van der Waals surface area (Å²) in [7, 11) is -5.35. The first kappa shape index (κ1) is 96.5. The lowest BCUT2D eigenvalue weighted by Gasteiger charge is -2.50. The summed E-state index contributed by atoms with van der Waals surface area (Å²) in [6, 6.07) is 7.68. The zero-order chi connectivity index (χ0) is 85.8. The molecule has 9 aliphatic heterocycles. The van der Waals surface area contributed by atoms with Crippen molar-refractivity contribution >= 4 is 51.3 Å². The van der Waals surface area contributed by atoms with Crippen LogP contribution in [0, 0.1) is 17.8 Å². The van der Waals surface area contributed by atoms with Gasteiger partial charge < -0.3 is 88.8 Å². The SMILES string of the molecule is C=C1CC(CCC23COC4CC(OC5CCC(CC(=O)OC6C[C@@H]7OC(CC(=O)/C=C/CC[C@@H](C=O)C[C@H](C)COC(CCO[Si](C)(C)C(C)(C)C)CC[C@H](CO[Si](C)(C)C(C)(C)C)O[Si](C)(C)C(C)(C)C)C(O[Si](C)(C)C(C)(C)C)C[C@@H]7O[C@H]6CC6OCC[C@@H](C)C6=C)O[C@H]45)C(O2)[C@@]2(OC)OC(c4ccc(OC)cc4)OC32)OC1CC. The van der Waals surface area contributed by atoms with Crippen molar-refractivity contribution in [1.29, 1.82) is 0 Å². The second-order valence-electron chi connectivity index (χ2n) is 42.2. The summed E-state index contributed by atoms with van der Waals surface area (Å²) in [5.41, 5.74) is 1.90. The highest BCUT2D eigenvalue weighted by molar-refractivity contribution is 6.75. The lowest BCUT2D eigenvalue weighted by molar-refractivity contribution is -0.320. The first-order valence-corrected chi connectivity index (χ1v) is 56.4. The minimum Gasteiger partial charge on any atom is -0.497 e. The Morgan fingerprint density at radius 3 is 1.96 bits per heavy atom. The zero-order valence-corrected chi connectivity index (χ0v) is 80.7. The number of hydrogen-bond donors (Lipinski definition) is 0. The highest BCUT2D eigenvalue weighted by Gasteiger charge is 2.74. The fourth-order valence-electron chi connectivity index (χ4n) is 17.5. The molecular weight excluding hydrogens is 1550 g/mol. The largest absolute Gasteiger partial charge is 0.497 e. The van der Waals surface area contributed by atoms with Crippen LogP contribution >= 0.6 is 0 Å². The number of rotatable bonds is 38. The summed E-state index contributed by atoms with van der Waals surface area (Å²) in [5.74, 6) is -0.980. The molecule has 0 spiro atoms. The van der Waals surface area contributed by atoms with Crippen LogP contribution in [0.4, 0.5) is 0 Å². The first-order chi connectivity index (χ1) is 54.6. The topological polar surface area (TPSA) is 217 Å². The maximum atomic E-state index is 14.8. The molecule has 25 heteroatoms. The lowest BCUT2D eigenvalue weighted by Crippen LogP contribution is -2.61. The van der Waals surface area contributed by atoms with E-state index in [1.807, 2.05) is 30.3 Å². The van der Waals surface area contributed by atoms with E-state index >= 15 is 0 Å². The van der Waals surface area contributed by atoms with Crippen molar-refractivity contribution in [2.24, 2.45) is 17.8 Å². The van der Waals surface area contributed by atoms with E-state index in [2.05, 4.69) is 169 Å². The molecule has 117 heavy (non-hydrogen) atoms. The molecule has 10 rings (SSSR count).